The van der Waals surface area contributed by atoms with Crippen LogP contribution in [0, 0.1) is 11.6 Å². The van der Waals surface area contributed by atoms with Gasteiger partial charge in [0.1, 0.15) is 0 Å². The van der Waals surface area contributed by atoms with Crippen LogP contribution in [0.1, 0.15) is 12.5 Å². The van der Waals surface area contributed by atoms with Gasteiger partial charge in [-0.15, -0.1) is 0 Å². The van der Waals surface area contributed by atoms with E-state index in [9.17, 15) is 13.6 Å². The van der Waals surface area contributed by atoms with Crippen LogP contribution in [0.2, 0.25) is 0 Å². The Kier molecular flexibility index (Phi) is 4.42. The van der Waals surface area contributed by atoms with E-state index in [1.807, 2.05) is 0 Å². The molecule has 0 saturated carbocycles. The summed E-state index contributed by atoms with van der Waals surface area (Å²) in [5, 5.41) is 3.04. The third kappa shape index (κ3) is 3.15. The van der Waals surface area contributed by atoms with Crippen molar-refractivity contribution in [1.82, 2.24) is 0 Å². The predicted octanol–water partition coefficient (Wildman–Crippen LogP) is 3.01. The number of rotatable bonds is 4. The Morgan fingerprint density at radius 3 is 2.82 bits per heavy atom. The zero-order valence-corrected chi connectivity index (χ0v) is 8.98. The summed E-state index contributed by atoms with van der Waals surface area (Å²) in [6.07, 6.45) is -0.278. The van der Waals surface area contributed by atoms with Crippen molar-refractivity contribution in [1.29, 1.82) is 0 Å². The van der Waals surface area contributed by atoms with Gasteiger partial charge < -0.3 is 4.74 Å². The van der Waals surface area contributed by atoms with Crippen molar-refractivity contribution in [2.24, 2.45) is 5.11 Å². The largest absolute Gasteiger partial charge is 0.466 e. The van der Waals surface area contributed by atoms with E-state index in [1.54, 1.807) is 6.92 Å². The summed E-state index contributed by atoms with van der Waals surface area (Å²) in [5.41, 5.74) is 7.82. The van der Waals surface area contributed by atoms with Crippen molar-refractivity contribution in [3.63, 3.8) is 0 Å². The zero-order valence-electron chi connectivity index (χ0n) is 8.98. The Morgan fingerprint density at radius 1 is 1.53 bits per heavy atom. The number of nitrogens with zero attached hydrogens (tertiary/aromatic N) is 3. The summed E-state index contributed by atoms with van der Waals surface area (Å²) in [4.78, 5) is 13.6. The molecule has 0 aromatic heterocycles. The van der Waals surface area contributed by atoms with Crippen LogP contribution in [0.4, 0.5) is 14.5 Å². The fraction of sp³-hybridized carbons (Fsp3) is 0.300. The highest BCUT2D eigenvalue weighted by atomic mass is 19.2. The third-order valence-electron chi connectivity index (χ3n) is 1.94. The number of azide groups is 1. The van der Waals surface area contributed by atoms with Gasteiger partial charge in [-0.2, -0.15) is 0 Å². The summed E-state index contributed by atoms with van der Waals surface area (Å²) < 4.78 is 30.8. The molecule has 0 unspecified atom stereocenters. The van der Waals surface area contributed by atoms with E-state index in [0.29, 0.717) is 0 Å². The van der Waals surface area contributed by atoms with Gasteiger partial charge in [-0.1, -0.05) is 11.2 Å². The van der Waals surface area contributed by atoms with Crippen molar-refractivity contribution in [3.05, 3.63) is 39.8 Å². The van der Waals surface area contributed by atoms with E-state index >= 15 is 0 Å². The fourth-order valence-electron chi connectivity index (χ4n) is 1.24. The molecular weight excluding hydrogens is 232 g/mol. The first-order valence-electron chi connectivity index (χ1n) is 4.77. The molecule has 1 rings (SSSR count). The molecule has 17 heavy (non-hydrogen) atoms. The molecule has 7 heteroatoms. The van der Waals surface area contributed by atoms with E-state index < -0.39 is 23.3 Å². The van der Waals surface area contributed by atoms with Gasteiger partial charge in [0, 0.05) is 4.91 Å². The molecule has 0 atom stereocenters. The number of hydrogen-bond acceptors (Lipinski definition) is 3. The first kappa shape index (κ1) is 12.9. The second-order valence-corrected chi connectivity index (χ2v) is 3.04. The molecule has 0 aliphatic carbocycles. The van der Waals surface area contributed by atoms with E-state index in [-0.39, 0.29) is 18.6 Å². The highest BCUT2D eigenvalue weighted by Crippen LogP contribution is 2.26. The van der Waals surface area contributed by atoms with Crippen LogP contribution in [0.3, 0.4) is 0 Å². The normalized spacial score (nSPS) is 9.59. The molecule has 0 heterocycles. The molecule has 0 spiro atoms. The van der Waals surface area contributed by atoms with Gasteiger partial charge in [-0.3, -0.25) is 4.79 Å². The van der Waals surface area contributed by atoms with Crippen LogP contribution in [0.5, 0.6) is 0 Å². The lowest BCUT2D eigenvalue weighted by Crippen LogP contribution is -2.08. The zero-order chi connectivity index (χ0) is 12.8. The Labute approximate surface area is 95.6 Å². The van der Waals surface area contributed by atoms with Gasteiger partial charge >= 0.3 is 5.97 Å². The smallest absolute Gasteiger partial charge is 0.310 e. The van der Waals surface area contributed by atoms with Gasteiger partial charge in [0.15, 0.2) is 11.6 Å². The van der Waals surface area contributed by atoms with Gasteiger partial charge in [-0.25, -0.2) is 8.78 Å². The number of halogens is 2. The molecule has 90 valence electrons. The first-order valence-corrected chi connectivity index (χ1v) is 4.77. The second-order valence-electron chi connectivity index (χ2n) is 3.04. The Bertz CT molecular complexity index is 485. The fourth-order valence-corrected chi connectivity index (χ4v) is 1.24. The van der Waals surface area contributed by atoms with Crippen molar-refractivity contribution in [2.75, 3.05) is 6.61 Å². The molecule has 5 nitrogen and oxygen atoms in total. The molecule has 0 bridgehead atoms. The van der Waals surface area contributed by atoms with Crippen LogP contribution in [0.15, 0.2) is 17.2 Å². The number of carbonyl (C=O) groups excluding carboxylic acids is 1. The highest BCUT2D eigenvalue weighted by Gasteiger charge is 2.15. The van der Waals surface area contributed by atoms with Crippen LogP contribution in [-0.2, 0) is 16.0 Å². The highest BCUT2D eigenvalue weighted by molar-refractivity contribution is 5.74. The second kappa shape index (κ2) is 5.81. The number of benzene rings is 1. The number of hydrogen-bond donors (Lipinski definition) is 0. The lowest BCUT2D eigenvalue weighted by Gasteiger charge is -2.06. The quantitative estimate of drug-likeness (QED) is 0.351. The lowest BCUT2D eigenvalue weighted by molar-refractivity contribution is -0.142. The third-order valence-corrected chi connectivity index (χ3v) is 1.94. The summed E-state index contributed by atoms with van der Waals surface area (Å²) in [7, 11) is 0. The topological polar surface area (TPSA) is 75.1 Å². The molecule has 0 aliphatic heterocycles. The standard InChI is InChI=1S/C10H9F2N3O2/c1-2-17-8(16)5-6-3-4-7(11)9(12)10(6)14-15-13/h3-4H,2,5H2,1H3. The van der Waals surface area contributed by atoms with Gasteiger partial charge in [0.05, 0.1) is 18.7 Å². The van der Waals surface area contributed by atoms with Crippen molar-refractivity contribution in [2.45, 2.75) is 13.3 Å². The van der Waals surface area contributed by atoms with Gasteiger partial charge in [0.2, 0.25) is 0 Å². The van der Waals surface area contributed by atoms with Crippen molar-refractivity contribution >= 4 is 11.7 Å². The van der Waals surface area contributed by atoms with E-state index in [1.165, 1.54) is 6.07 Å². The minimum absolute atomic E-state index is 0.0835. The molecule has 1 aromatic rings. The number of carbonyl (C=O) groups is 1. The van der Waals surface area contributed by atoms with Crippen LogP contribution in [0.25, 0.3) is 10.4 Å². The molecular formula is C10H9F2N3O2. The van der Waals surface area contributed by atoms with Gasteiger partial charge in [0.25, 0.3) is 0 Å². The average molecular weight is 241 g/mol. The van der Waals surface area contributed by atoms with E-state index in [2.05, 4.69) is 14.8 Å². The van der Waals surface area contributed by atoms with E-state index in [0.717, 1.165) is 6.07 Å². The van der Waals surface area contributed by atoms with Crippen molar-refractivity contribution < 1.29 is 18.3 Å². The first-order chi connectivity index (χ1) is 8.10. The molecule has 0 saturated heterocycles. The molecule has 1 aromatic carbocycles. The minimum atomic E-state index is -1.27. The molecule has 0 N–H and O–H groups in total. The van der Waals surface area contributed by atoms with Crippen molar-refractivity contribution in [3.8, 4) is 0 Å². The summed E-state index contributed by atoms with van der Waals surface area (Å²) >= 11 is 0. The maximum absolute atomic E-state index is 13.3. The van der Waals surface area contributed by atoms with E-state index in [4.69, 9.17) is 5.53 Å². The summed E-state index contributed by atoms with van der Waals surface area (Å²) in [6, 6.07) is 2.04. The van der Waals surface area contributed by atoms with Crippen LogP contribution >= 0.6 is 0 Å². The lowest BCUT2D eigenvalue weighted by atomic mass is 10.1. The number of esters is 1. The molecule has 0 aliphatic rings. The Morgan fingerprint density at radius 2 is 2.24 bits per heavy atom. The average Bonchev–Trinajstić information content (AvgIpc) is 2.29. The maximum atomic E-state index is 13.3. The monoisotopic (exact) mass is 241 g/mol. The Hall–Kier alpha value is -2.14. The number of ether oxygens (including phenoxy) is 1. The molecule has 0 fully saturated rings. The summed E-state index contributed by atoms with van der Waals surface area (Å²) in [5.74, 6) is -3.02. The summed E-state index contributed by atoms with van der Waals surface area (Å²) in [6.45, 7) is 1.80. The maximum Gasteiger partial charge on any atom is 0.310 e. The van der Waals surface area contributed by atoms with Crippen LogP contribution < -0.4 is 0 Å². The SMILES string of the molecule is CCOC(=O)Cc1ccc(F)c(F)c1N=[N+]=[N-]. The minimum Gasteiger partial charge on any atom is -0.466 e. The predicted molar refractivity (Wildman–Crippen MR) is 55.5 cm³/mol. The molecule has 0 amide bonds. The van der Waals surface area contributed by atoms with Gasteiger partial charge in [-0.05, 0) is 24.1 Å². The molecule has 0 radical (unpaired) electrons. The Balaban J connectivity index is 3.11. The van der Waals surface area contributed by atoms with Crippen LogP contribution in [-0.4, -0.2) is 12.6 Å².